The molecular weight excluding hydrogens is 310 g/mol. The molecule has 112 valence electrons. The zero-order valence-corrected chi connectivity index (χ0v) is 13.5. The van der Waals surface area contributed by atoms with E-state index in [1.807, 2.05) is 26.0 Å². The Kier molecular flexibility index (Phi) is 4.34. The highest BCUT2D eigenvalue weighted by molar-refractivity contribution is 7.93. The summed E-state index contributed by atoms with van der Waals surface area (Å²) in [5.41, 5.74) is 2.24. The highest BCUT2D eigenvalue weighted by Crippen LogP contribution is 2.26. The molecule has 2 rings (SSSR count). The second kappa shape index (κ2) is 5.87. The molecule has 1 aromatic heterocycles. The van der Waals surface area contributed by atoms with Crippen molar-refractivity contribution in [1.82, 2.24) is 0 Å². The van der Waals surface area contributed by atoms with Crippen LogP contribution in [-0.4, -0.2) is 21.5 Å². The van der Waals surface area contributed by atoms with Crippen molar-refractivity contribution in [1.29, 1.82) is 0 Å². The van der Waals surface area contributed by atoms with E-state index in [1.54, 1.807) is 11.4 Å². The van der Waals surface area contributed by atoms with Crippen molar-refractivity contribution < 1.29 is 17.9 Å². The summed E-state index contributed by atoms with van der Waals surface area (Å²) in [6.45, 7) is 3.69. The van der Waals surface area contributed by atoms with Crippen LogP contribution in [0.15, 0.2) is 34.5 Å². The van der Waals surface area contributed by atoms with Crippen molar-refractivity contribution in [2.75, 3.05) is 11.8 Å². The second-order valence-corrected chi connectivity index (χ2v) is 7.10. The number of hydrogen-bond acceptors (Lipinski definition) is 5. The van der Waals surface area contributed by atoms with E-state index in [0.717, 1.165) is 22.5 Å². The molecule has 1 N–H and O–H groups in total. The fourth-order valence-electron chi connectivity index (χ4n) is 1.80. The summed E-state index contributed by atoms with van der Waals surface area (Å²) in [5.74, 6) is -0.661. The van der Waals surface area contributed by atoms with Gasteiger partial charge in [0, 0.05) is 0 Å². The van der Waals surface area contributed by atoms with Crippen molar-refractivity contribution >= 4 is 33.0 Å². The zero-order chi connectivity index (χ0) is 15.6. The third-order valence-electron chi connectivity index (χ3n) is 2.93. The van der Waals surface area contributed by atoms with Gasteiger partial charge in [0.15, 0.2) is 0 Å². The first-order valence-electron chi connectivity index (χ1n) is 6.11. The van der Waals surface area contributed by atoms with Gasteiger partial charge in [-0.3, -0.25) is 4.72 Å². The normalized spacial score (nSPS) is 11.2. The van der Waals surface area contributed by atoms with Crippen LogP contribution in [0.2, 0.25) is 0 Å². The van der Waals surface area contributed by atoms with Gasteiger partial charge >= 0.3 is 5.97 Å². The molecule has 0 aliphatic heterocycles. The Morgan fingerprint density at radius 1 is 1.24 bits per heavy atom. The van der Waals surface area contributed by atoms with Crippen molar-refractivity contribution in [3.63, 3.8) is 0 Å². The highest BCUT2D eigenvalue weighted by atomic mass is 32.2. The summed E-state index contributed by atoms with van der Waals surface area (Å²) in [6, 6.07) is 6.88. The van der Waals surface area contributed by atoms with Gasteiger partial charge < -0.3 is 4.74 Å². The first kappa shape index (κ1) is 15.5. The number of carbonyl (C=O) groups is 1. The molecule has 1 heterocycles. The molecule has 0 aliphatic carbocycles. The molecule has 0 saturated carbocycles. The van der Waals surface area contributed by atoms with Gasteiger partial charge in [-0.15, -0.1) is 11.3 Å². The van der Waals surface area contributed by atoms with Crippen molar-refractivity contribution in [2.24, 2.45) is 0 Å². The fraction of sp³-hybridized carbons (Fsp3) is 0.214. The molecule has 1 aromatic carbocycles. The van der Waals surface area contributed by atoms with Crippen LogP contribution >= 0.6 is 11.3 Å². The summed E-state index contributed by atoms with van der Waals surface area (Å²) < 4.78 is 32.0. The van der Waals surface area contributed by atoms with Gasteiger partial charge in [-0.2, -0.15) is 0 Å². The van der Waals surface area contributed by atoms with E-state index >= 15 is 0 Å². The average Bonchev–Trinajstić information content (AvgIpc) is 2.92. The number of hydrogen-bond donors (Lipinski definition) is 1. The number of methoxy groups -OCH3 is 1. The monoisotopic (exact) mass is 325 g/mol. The quantitative estimate of drug-likeness (QED) is 0.877. The summed E-state index contributed by atoms with van der Waals surface area (Å²) in [4.78, 5) is 11.6. The molecule has 7 heteroatoms. The molecule has 2 aromatic rings. The average molecular weight is 325 g/mol. The topological polar surface area (TPSA) is 72.5 Å². The lowest BCUT2D eigenvalue weighted by Gasteiger charge is -2.11. The van der Waals surface area contributed by atoms with E-state index in [1.165, 1.54) is 13.2 Å². The Labute approximate surface area is 127 Å². The van der Waals surface area contributed by atoms with E-state index in [9.17, 15) is 13.2 Å². The molecule has 0 fully saturated rings. The van der Waals surface area contributed by atoms with Gasteiger partial charge in [-0.25, -0.2) is 13.2 Å². The van der Waals surface area contributed by atoms with Crippen LogP contribution in [0.3, 0.4) is 0 Å². The van der Waals surface area contributed by atoms with E-state index in [2.05, 4.69) is 9.46 Å². The molecular formula is C14H15NO4S2. The van der Waals surface area contributed by atoms with E-state index < -0.39 is 16.0 Å². The van der Waals surface area contributed by atoms with Crippen LogP contribution in [0, 0.1) is 13.8 Å². The molecule has 21 heavy (non-hydrogen) atoms. The molecule has 0 atom stereocenters. The van der Waals surface area contributed by atoms with Gasteiger partial charge in [0.1, 0.15) is 9.77 Å². The van der Waals surface area contributed by atoms with Gasteiger partial charge in [-0.1, -0.05) is 12.1 Å². The molecule has 0 unspecified atom stereocenters. The van der Waals surface area contributed by atoms with Crippen LogP contribution in [0.5, 0.6) is 0 Å². The van der Waals surface area contributed by atoms with Crippen LogP contribution < -0.4 is 4.72 Å². The standard InChI is InChI=1S/C14H15NO4S2/c1-9-4-5-10(2)11(8-9)15-21(17,18)12-6-7-20-13(12)14(16)19-3/h4-8,15H,1-3H3. The number of rotatable bonds is 4. The van der Waals surface area contributed by atoms with Gasteiger partial charge in [0.2, 0.25) is 0 Å². The number of carbonyl (C=O) groups excluding carboxylic acids is 1. The van der Waals surface area contributed by atoms with Crippen molar-refractivity contribution in [3.05, 3.63) is 45.6 Å². The molecule has 0 bridgehead atoms. The maximum Gasteiger partial charge on any atom is 0.349 e. The van der Waals surface area contributed by atoms with Crippen molar-refractivity contribution in [2.45, 2.75) is 18.7 Å². The van der Waals surface area contributed by atoms with Crippen LogP contribution in [0.4, 0.5) is 5.69 Å². The number of aryl methyl sites for hydroxylation is 2. The first-order chi connectivity index (χ1) is 9.85. The number of nitrogens with one attached hydrogen (secondary N) is 1. The Balaban J connectivity index is 2.42. The Morgan fingerprint density at radius 3 is 2.62 bits per heavy atom. The lowest BCUT2D eigenvalue weighted by atomic mass is 10.1. The Morgan fingerprint density at radius 2 is 1.95 bits per heavy atom. The van der Waals surface area contributed by atoms with E-state index in [0.29, 0.717) is 5.69 Å². The van der Waals surface area contributed by atoms with E-state index in [-0.39, 0.29) is 9.77 Å². The molecule has 0 saturated heterocycles. The van der Waals surface area contributed by atoms with Crippen LogP contribution in [0.1, 0.15) is 20.8 Å². The van der Waals surface area contributed by atoms with Gasteiger partial charge in [0.25, 0.3) is 10.0 Å². The number of ether oxygens (including phenoxy) is 1. The maximum atomic E-state index is 12.5. The Bertz CT molecular complexity index is 778. The summed E-state index contributed by atoms with van der Waals surface area (Å²) in [6.07, 6.45) is 0. The minimum Gasteiger partial charge on any atom is -0.465 e. The Hall–Kier alpha value is -1.86. The number of thiophene rings is 1. The SMILES string of the molecule is COC(=O)c1sccc1S(=O)(=O)Nc1cc(C)ccc1C. The first-order valence-corrected chi connectivity index (χ1v) is 8.47. The molecule has 0 amide bonds. The third kappa shape index (κ3) is 3.25. The lowest BCUT2D eigenvalue weighted by molar-refractivity contribution is 0.0602. The van der Waals surface area contributed by atoms with Gasteiger partial charge in [-0.05, 0) is 42.5 Å². The largest absolute Gasteiger partial charge is 0.465 e. The molecule has 0 aliphatic rings. The number of sulfonamides is 1. The minimum atomic E-state index is -3.84. The van der Waals surface area contributed by atoms with Gasteiger partial charge in [0.05, 0.1) is 12.8 Å². The van der Waals surface area contributed by atoms with E-state index in [4.69, 9.17) is 0 Å². The maximum absolute atomic E-state index is 12.5. The summed E-state index contributed by atoms with van der Waals surface area (Å²) >= 11 is 1.03. The molecule has 5 nitrogen and oxygen atoms in total. The fourth-order valence-corrected chi connectivity index (χ4v) is 4.25. The van der Waals surface area contributed by atoms with Crippen molar-refractivity contribution in [3.8, 4) is 0 Å². The third-order valence-corrected chi connectivity index (χ3v) is 5.36. The minimum absolute atomic E-state index is 0.0651. The predicted molar refractivity (Wildman–Crippen MR) is 82.4 cm³/mol. The second-order valence-electron chi connectivity index (χ2n) is 4.53. The summed E-state index contributed by atoms with van der Waals surface area (Å²) in [5, 5.41) is 1.55. The zero-order valence-electron chi connectivity index (χ0n) is 11.8. The van der Waals surface area contributed by atoms with Crippen LogP contribution in [-0.2, 0) is 14.8 Å². The number of esters is 1. The van der Waals surface area contributed by atoms with Crippen LogP contribution in [0.25, 0.3) is 0 Å². The smallest absolute Gasteiger partial charge is 0.349 e. The molecule has 0 radical (unpaired) electrons. The predicted octanol–water partition coefficient (Wildman–Crippen LogP) is 2.95. The highest BCUT2D eigenvalue weighted by Gasteiger charge is 2.25. The number of anilines is 1. The molecule has 0 spiro atoms. The number of benzene rings is 1. The summed E-state index contributed by atoms with van der Waals surface area (Å²) in [7, 11) is -2.62. The lowest BCUT2D eigenvalue weighted by Crippen LogP contribution is -2.16.